The highest BCUT2D eigenvalue weighted by Gasteiger charge is 2.24. The standard InChI is InChI=1S/C10H19ClN2O/c1-8(2)12-4-6-13(7-5-12)10(14)9(3)11/h8-9H,4-7H2,1-3H3. The van der Waals surface area contributed by atoms with E-state index in [-0.39, 0.29) is 11.3 Å². The summed E-state index contributed by atoms with van der Waals surface area (Å²) in [5.41, 5.74) is 0. The summed E-state index contributed by atoms with van der Waals surface area (Å²) in [6.45, 7) is 9.66. The molecule has 4 heteroatoms. The monoisotopic (exact) mass is 218 g/mol. The third kappa shape index (κ3) is 2.85. The number of hydrogen-bond donors (Lipinski definition) is 0. The predicted octanol–water partition coefficient (Wildman–Crippen LogP) is 1.17. The molecule has 0 radical (unpaired) electrons. The molecule has 1 atom stereocenters. The van der Waals surface area contributed by atoms with E-state index in [1.807, 2.05) is 4.90 Å². The van der Waals surface area contributed by atoms with Crippen LogP contribution in [0.25, 0.3) is 0 Å². The zero-order valence-corrected chi connectivity index (χ0v) is 9.92. The smallest absolute Gasteiger partial charge is 0.240 e. The molecule has 0 spiro atoms. The molecule has 14 heavy (non-hydrogen) atoms. The normalized spacial score (nSPS) is 21.4. The van der Waals surface area contributed by atoms with Crippen LogP contribution in [-0.2, 0) is 4.79 Å². The van der Waals surface area contributed by atoms with Gasteiger partial charge in [0.25, 0.3) is 0 Å². The Hall–Kier alpha value is -0.280. The lowest BCUT2D eigenvalue weighted by molar-refractivity contribution is -0.132. The Kier molecular flexibility index (Phi) is 4.20. The van der Waals surface area contributed by atoms with Crippen molar-refractivity contribution in [3.63, 3.8) is 0 Å². The van der Waals surface area contributed by atoms with Gasteiger partial charge in [0.05, 0.1) is 0 Å². The van der Waals surface area contributed by atoms with E-state index in [1.54, 1.807) is 6.92 Å². The van der Waals surface area contributed by atoms with Crippen LogP contribution >= 0.6 is 11.6 Å². The third-order valence-electron chi connectivity index (χ3n) is 2.70. The second-order valence-corrected chi connectivity index (χ2v) is 4.73. The Labute approximate surface area is 91.0 Å². The number of halogens is 1. The maximum Gasteiger partial charge on any atom is 0.240 e. The Bertz CT molecular complexity index is 198. The van der Waals surface area contributed by atoms with Crippen LogP contribution < -0.4 is 0 Å². The van der Waals surface area contributed by atoms with Gasteiger partial charge in [0.2, 0.25) is 5.91 Å². The summed E-state index contributed by atoms with van der Waals surface area (Å²) >= 11 is 5.76. The molecule has 3 nitrogen and oxygen atoms in total. The Balaban J connectivity index is 2.39. The molecular weight excluding hydrogens is 200 g/mol. The highest BCUT2D eigenvalue weighted by molar-refractivity contribution is 6.30. The fourth-order valence-electron chi connectivity index (χ4n) is 1.71. The Morgan fingerprint density at radius 3 is 2.00 bits per heavy atom. The van der Waals surface area contributed by atoms with Crippen molar-refractivity contribution in [2.24, 2.45) is 0 Å². The number of hydrogen-bond acceptors (Lipinski definition) is 2. The van der Waals surface area contributed by atoms with Gasteiger partial charge in [-0.15, -0.1) is 11.6 Å². The summed E-state index contributed by atoms with van der Waals surface area (Å²) in [5.74, 6) is 0.0649. The number of nitrogens with zero attached hydrogens (tertiary/aromatic N) is 2. The lowest BCUT2D eigenvalue weighted by Gasteiger charge is -2.37. The minimum Gasteiger partial charge on any atom is -0.339 e. The largest absolute Gasteiger partial charge is 0.339 e. The lowest BCUT2D eigenvalue weighted by atomic mass is 10.2. The van der Waals surface area contributed by atoms with Gasteiger partial charge in [-0.1, -0.05) is 0 Å². The summed E-state index contributed by atoms with van der Waals surface area (Å²) < 4.78 is 0. The van der Waals surface area contributed by atoms with Gasteiger partial charge < -0.3 is 4.90 Å². The van der Waals surface area contributed by atoms with Gasteiger partial charge in [0, 0.05) is 32.2 Å². The molecule has 0 bridgehead atoms. The molecule has 1 rings (SSSR count). The van der Waals surface area contributed by atoms with Gasteiger partial charge in [0.1, 0.15) is 5.38 Å². The van der Waals surface area contributed by atoms with Crippen LogP contribution in [0.2, 0.25) is 0 Å². The van der Waals surface area contributed by atoms with Crippen molar-refractivity contribution in [2.75, 3.05) is 26.2 Å². The zero-order valence-electron chi connectivity index (χ0n) is 9.16. The first-order valence-corrected chi connectivity index (χ1v) is 5.63. The molecule has 0 N–H and O–H groups in total. The first kappa shape index (κ1) is 11.8. The van der Waals surface area contributed by atoms with Crippen molar-refractivity contribution < 1.29 is 4.79 Å². The molecule has 0 aromatic heterocycles. The van der Waals surface area contributed by atoms with E-state index in [9.17, 15) is 4.79 Å². The Morgan fingerprint density at radius 2 is 1.64 bits per heavy atom. The number of alkyl halides is 1. The minimum absolute atomic E-state index is 0.0649. The quantitative estimate of drug-likeness (QED) is 0.650. The SMILES string of the molecule is CC(Cl)C(=O)N1CCN(C(C)C)CC1. The number of carbonyl (C=O) groups is 1. The highest BCUT2D eigenvalue weighted by atomic mass is 35.5. The number of piperazine rings is 1. The summed E-state index contributed by atoms with van der Waals surface area (Å²) in [5, 5.41) is -0.388. The molecule has 1 heterocycles. The minimum atomic E-state index is -0.388. The van der Waals surface area contributed by atoms with E-state index < -0.39 is 0 Å². The van der Waals surface area contributed by atoms with Gasteiger partial charge in [-0.2, -0.15) is 0 Å². The molecule has 1 aliphatic heterocycles. The number of rotatable bonds is 2. The van der Waals surface area contributed by atoms with E-state index in [0.29, 0.717) is 6.04 Å². The first-order valence-electron chi connectivity index (χ1n) is 5.19. The fourth-order valence-corrected chi connectivity index (χ4v) is 1.85. The van der Waals surface area contributed by atoms with E-state index in [0.717, 1.165) is 26.2 Å². The van der Waals surface area contributed by atoms with Crippen molar-refractivity contribution in [1.82, 2.24) is 9.80 Å². The molecule has 0 aliphatic carbocycles. The lowest BCUT2D eigenvalue weighted by Crippen LogP contribution is -2.52. The van der Waals surface area contributed by atoms with E-state index in [4.69, 9.17) is 11.6 Å². The van der Waals surface area contributed by atoms with Crippen LogP contribution in [0.5, 0.6) is 0 Å². The molecule has 1 saturated heterocycles. The average Bonchev–Trinajstić information content (AvgIpc) is 2.16. The molecule has 0 saturated carbocycles. The van der Waals surface area contributed by atoms with Crippen molar-refractivity contribution in [2.45, 2.75) is 32.2 Å². The van der Waals surface area contributed by atoms with Crippen LogP contribution in [-0.4, -0.2) is 53.3 Å². The van der Waals surface area contributed by atoms with Crippen molar-refractivity contribution in [3.05, 3.63) is 0 Å². The van der Waals surface area contributed by atoms with Crippen LogP contribution in [0.3, 0.4) is 0 Å². The van der Waals surface area contributed by atoms with Gasteiger partial charge in [-0.05, 0) is 20.8 Å². The van der Waals surface area contributed by atoms with Gasteiger partial charge in [0.15, 0.2) is 0 Å². The van der Waals surface area contributed by atoms with E-state index >= 15 is 0 Å². The Morgan fingerprint density at radius 1 is 1.14 bits per heavy atom. The van der Waals surface area contributed by atoms with Gasteiger partial charge >= 0.3 is 0 Å². The van der Waals surface area contributed by atoms with Crippen molar-refractivity contribution in [3.8, 4) is 0 Å². The second-order valence-electron chi connectivity index (χ2n) is 4.07. The van der Waals surface area contributed by atoms with Crippen LogP contribution in [0.1, 0.15) is 20.8 Å². The van der Waals surface area contributed by atoms with Crippen LogP contribution in [0.15, 0.2) is 0 Å². The van der Waals surface area contributed by atoms with Crippen LogP contribution in [0, 0.1) is 0 Å². The summed E-state index contributed by atoms with van der Waals surface area (Å²) in [6.07, 6.45) is 0. The first-order chi connectivity index (χ1) is 6.52. The summed E-state index contributed by atoms with van der Waals surface area (Å²) in [6, 6.07) is 0.570. The zero-order chi connectivity index (χ0) is 10.7. The highest BCUT2D eigenvalue weighted by Crippen LogP contribution is 2.08. The molecule has 82 valence electrons. The molecule has 0 aromatic rings. The van der Waals surface area contributed by atoms with Crippen molar-refractivity contribution in [1.29, 1.82) is 0 Å². The molecule has 1 aliphatic rings. The summed E-state index contributed by atoms with van der Waals surface area (Å²) in [7, 11) is 0. The number of amides is 1. The average molecular weight is 219 g/mol. The second kappa shape index (κ2) is 4.99. The molecular formula is C10H19ClN2O. The molecule has 1 fully saturated rings. The fraction of sp³-hybridized carbons (Fsp3) is 0.900. The van der Waals surface area contributed by atoms with Gasteiger partial charge in [-0.25, -0.2) is 0 Å². The summed E-state index contributed by atoms with van der Waals surface area (Å²) in [4.78, 5) is 15.8. The topological polar surface area (TPSA) is 23.6 Å². The molecule has 0 aromatic carbocycles. The van der Waals surface area contributed by atoms with Crippen LogP contribution in [0.4, 0.5) is 0 Å². The maximum absolute atomic E-state index is 11.5. The third-order valence-corrected chi connectivity index (χ3v) is 2.88. The molecule has 1 unspecified atom stereocenters. The molecule has 1 amide bonds. The number of carbonyl (C=O) groups excluding carboxylic acids is 1. The van der Waals surface area contributed by atoms with E-state index in [1.165, 1.54) is 0 Å². The van der Waals surface area contributed by atoms with E-state index in [2.05, 4.69) is 18.7 Å². The predicted molar refractivity (Wildman–Crippen MR) is 58.6 cm³/mol. The van der Waals surface area contributed by atoms with Gasteiger partial charge in [-0.3, -0.25) is 9.69 Å². The maximum atomic E-state index is 11.5. The van der Waals surface area contributed by atoms with Crippen molar-refractivity contribution >= 4 is 17.5 Å².